The Kier molecular flexibility index (Phi) is 3.84. The summed E-state index contributed by atoms with van der Waals surface area (Å²) in [7, 11) is 1.87. The molecule has 0 spiro atoms. The molecule has 94 valence electrons. The average molecular weight is 236 g/mol. The zero-order valence-electron chi connectivity index (χ0n) is 10.2. The van der Waals surface area contributed by atoms with Crippen LogP contribution in [0.2, 0.25) is 0 Å². The van der Waals surface area contributed by atoms with Crippen molar-refractivity contribution in [1.82, 2.24) is 9.88 Å². The van der Waals surface area contributed by atoms with E-state index in [9.17, 15) is 4.79 Å². The van der Waals surface area contributed by atoms with Gasteiger partial charge in [0, 0.05) is 25.9 Å². The van der Waals surface area contributed by atoms with Crippen LogP contribution in [0, 0.1) is 5.92 Å². The maximum atomic E-state index is 12.0. The van der Waals surface area contributed by atoms with Gasteiger partial charge in [0.1, 0.15) is 5.69 Å². The molecule has 1 aromatic heterocycles. The molecule has 1 saturated carbocycles. The van der Waals surface area contributed by atoms with Gasteiger partial charge in [-0.05, 0) is 43.7 Å². The fourth-order valence-corrected chi connectivity index (χ4v) is 2.45. The summed E-state index contributed by atoms with van der Waals surface area (Å²) in [5.74, 6) is 0.433. The van der Waals surface area contributed by atoms with E-state index in [2.05, 4.69) is 5.32 Å². The van der Waals surface area contributed by atoms with Gasteiger partial charge in [-0.3, -0.25) is 4.79 Å². The topological polar surface area (TPSA) is 54.3 Å². The van der Waals surface area contributed by atoms with Crippen molar-refractivity contribution in [3.63, 3.8) is 0 Å². The first-order valence-electron chi connectivity index (χ1n) is 6.23. The fraction of sp³-hybridized carbons (Fsp3) is 0.615. The first-order valence-corrected chi connectivity index (χ1v) is 6.23. The van der Waals surface area contributed by atoms with E-state index >= 15 is 0 Å². The first-order chi connectivity index (χ1) is 8.20. The maximum Gasteiger partial charge on any atom is 0.268 e. The second-order valence-corrected chi connectivity index (χ2v) is 4.88. The SMILES string of the molecule is Cn1cccc1C(=O)NC1CCC(CO)CC1. The Balaban J connectivity index is 1.86. The van der Waals surface area contributed by atoms with Crippen molar-refractivity contribution in [3.8, 4) is 0 Å². The number of aromatic nitrogens is 1. The number of carbonyl (C=O) groups is 1. The second-order valence-electron chi connectivity index (χ2n) is 4.88. The first kappa shape index (κ1) is 12.2. The number of hydrogen-bond acceptors (Lipinski definition) is 2. The van der Waals surface area contributed by atoms with Gasteiger partial charge < -0.3 is 15.0 Å². The highest BCUT2D eigenvalue weighted by molar-refractivity contribution is 5.92. The molecule has 0 unspecified atom stereocenters. The molecule has 0 atom stereocenters. The average Bonchev–Trinajstić information content (AvgIpc) is 2.76. The number of nitrogens with zero attached hydrogens (tertiary/aromatic N) is 1. The molecule has 0 radical (unpaired) electrons. The van der Waals surface area contributed by atoms with Crippen LogP contribution in [-0.2, 0) is 7.05 Å². The largest absolute Gasteiger partial charge is 0.396 e. The van der Waals surface area contributed by atoms with Crippen molar-refractivity contribution in [2.24, 2.45) is 13.0 Å². The highest BCUT2D eigenvalue weighted by Crippen LogP contribution is 2.23. The normalized spacial score (nSPS) is 24.6. The van der Waals surface area contributed by atoms with Gasteiger partial charge >= 0.3 is 0 Å². The third kappa shape index (κ3) is 2.88. The number of nitrogens with one attached hydrogen (secondary N) is 1. The molecule has 0 bridgehead atoms. The summed E-state index contributed by atoms with van der Waals surface area (Å²) in [4.78, 5) is 12.0. The standard InChI is InChI=1S/C13H20N2O2/c1-15-8-2-3-12(15)13(17)14-11-6-4-10(9-16)5-7-11/h2-3,8,10-11,16H,4-7,9H2,1H3,(H,14,17). The van der Waals surface area contributed by atoms with Gasteiger partial charge in [-0.15, -0.1) is 0 Å². The number of amides is 1. The summed E-state index contributed by atoms with van der Waals surface area (Å²) in [6.07, 6.45) is 5.84. The minimum Gasteiger partial charge on any atom is -0.396 e. The molecule has 2 rings (SSSR count). The molecule has 1 heterocycles. The number of aryl methyl sites for hydroxylation is 1. The smallest absolute Gasteiger partial charge is 0.268 e. The minimum absolute atomic E-state index is 0.00458. The lowest BCUT2D eigenvalue weighted by Gasteiger charge is -2.27. The summed E-state index contributed by atoms with van der Waals surface area (Å²) in [6, 6.07) is 3.96. The Morgan fingerprint density at radius 3 is 2.71 bits per heavy atom. The van der Waals surface area contributed by atoms with Gasteiger partial charge in [0.15, 0.2) is 0 Å². The van der Waals surface area contributed by atoms with Crippen molar-refractivity contribution in [2.45, 2.75) is 31.7 Å². The van der Waals surface area contributed by atoms with E-state index in [0.29, 0.717) is 11.6 Å². The van der Waals surface area contributed by atoms with Gasteiger partial charge in [0.25, 0.3) is 5.91 Å². The van der Waals surface area contributed by atoms with Crippen LogP contribution in [0.15, 0.2) is 18.3 Å². The summed E-state index contributed by atoms with van der Waals surface area (Å²) >= 11 is 0. The zero-order valence-corrected chi connectivity index (χ0v) is 10.2. The van der Waals surface area contributed by atoms with Crippen LogP contribution in [0.1, 0.15) is 36.2 Å². The fourth-order valence-electron chi connectivity index (χ4n) is 2.45. The quantitative estimate of drug-likeness (QED) is 0.831. The van der Waals surface area contributed by atoms with Gasteiger partial charge in [0.2, 0.25) is 0 Å². The molecule has 1 aliphatic carbocycles. The van der Waals surface area contributed by atoms with Gasteiger partial charge in [-0.1, -0.05) is 0 Å². The predicted molar refractivity (Wildman–Crippen MR) is 65.7 cm³/mol. The van der Waals surface area contributed by atoms with E-state index in [4.69, 9.17) is 5.11 Å². The van der Waals surface area contributed by atoms with E-state index in [1.807, 2.05) is 29.9 Å². The minimum atomic E-state index is 0.00458. The molecule has 0 saturated heterocycles. The monoisotopic (exact) mass is 236 g/mol. The maximum absolute atomic E-state index is 12.0. The Morgan fingerprint density at radius 2 is 2.18 bits per heavy atom. The van der Waals surface area contributed by atoms with Crippen molar-refractivity contribution >= 4 is 5.91 Å². The summed E-state index contributed by atoms with van der Waals surface area (Å²) in [5.41, 5.74) is 0.703. The Morgan fingerprint density at radius 1 is 1.47 bits per heavy atom. The number of hydrogen-bond donors (Lipinski definition) is 2. The number of carbonyl (C=O) groups excluding carboxylic acids is 1. The Hall–Kier alpha value is -1.29. The molecule has 1 fully saturated rings. The lowest BCUT2D eigenvalue weighted by Crippen LogP contribution is -2.38. The van der Waals surface area contributed by atoms with Crippen LogP contribution in [0.25, 0.3) is 0 Å². The highest BCUT2D eigenvalue weighted by atomic mass is 16.3. The van der Waals surface area contributed by atoms with Crippen LogP contribution in [0.4, 0.5) is 0 Å². The van der Waals surface area contributed by atoms with Crippen LogP contribution in [-0.4, -0.2) is 28.2 Å². The highest BCUT2D eigenvalue weighted by Gasteiger charge is 2.22. The molecular weight excluding hydrogens is 216 g/mol. The Labute approximate surface area is 102 Å². The summed E-state index contributed by atoms with van der Waals surface area (Å²) < 4.78 is 1.83. The molecule has 1 aromatic rings. The van der Waals surface area contributed by atoms with Crippen LogP contribution >= 0.6 is 0 Å². The molecule has 4 nitrogen and oxygen atoms in total. The van der Waals surface area contributed by atoms with E-state index in [0.717, 1.165) is 25.7 Å². The molecule has 1 aliphatic rings. The Bertz CT molecular complexity index is 379. The van der Waals surface area contributed by atoms with Crippen LogP contribution < -0.4 is 5.32 Å². The van der Waals surface area contributed by atoms with Crippen molar-refractivity contribution in [1.29, 1.82) is 0 Å². The molecule has 2 N–H and O–H groups in total. The van der Waals surface area contributed by atoms with Crippen molar-refractivity contribution in [2.75, 3.05) is 6.61 Å². The van der Waals surface area contributed by atoms with E-state index in [1.54, 1.807) is 0 Å². The van der Waals surface area contributed by atoms with Crippen LogP contribution in [0.3, 0.4) is 0 Å². The third-order valence-electron chi connectivity index (χ3n) is 3.62. The lowest BCUT2D eigenvalue weighted by molar-refractivity contribution is 0.0906. The van der Waals surface area contributed by atoms with E-state index in [-0.39, 0.29) is 18.6 Å². The van der Waals surface area contributed by atoms with Gasteiger partial charge in [-0.25, -0.2) is 0 Å². The third-order valence-corrected chi connectivity index (χ3v) is 3.62. The molecule has 0 aromatic carbocycles. The van der Waals surface area contributed by atoms with Crippen LogP contribution in [0.5, 0.6) is 0 Å². The van der Waals surface area contributed by atoms with Gasteiger partial charge in [-0.2, -0.15) is 0 Å². The molecule has 0 aliphatic heterocycles. The summed E-state index contributed by atoms with van der Waals surface area (Å²) in [5, 5.41) is 12.1. The molecule has 17 heavy (non-hydrogen) atoms. The number of rotatable bonds is 3. The molecular formula is C13H20N2O2. The molecule has 4 heteroatoms. The second kappa shape index (κ2) is 5.36. The van der Waals surface area contributed by atoms with E-state index in [1.165, 1.54) is 0 Å². The van der Waals surface area contributed by atoms with Crippen molar-refractivity contribution < 1.29 is 9.90 Å². The number of aliphatic hydroxyl groups excluding tert-OH is 1. The predicted octanol–water partition coefficient (Wildman–Crippen LogP) is 1.31. The molecule has 1 amide bonds. The summed E-state index contributed by atoms with van der Waals surface area (Å²) in [6.45, 7) is 0.276. The van der Waals surface area contributed by atoms with Crippen molar-refractivity contribution in [3.05, 3.63) is 24.0 Å². The lowest BCUT2D eigenvalue weighted by atomic mass is 9.86. The van der Waals surface area contributed by atoms with E-state index < -0.39 is 0 Å². The van der Waals surface area contributed by atoms with Gasteiger partial charge in [0.05, 0.1) is 0 Å². The zero-order chi connectivity index (χ0) is 12.3. The number of aliphatic hydroxyl groups is 1.